The Morgan fingerprint density at radius 2 is 1.86 bits per heavy atom. The highest BCUT2D eigenvalue weighted by atomic mass is 32.1. The summed E-state index contributed by atoms with van der Waals surface area (Å²) < 4.78 is 0. The first-order chi connectivity index (χ1) is 10.0. The van der Waals surface area contributed by atoms with Gasteiger partial charge in [-0.2, -0.15) is 0 Å². The van der Waals surface area contributed by atoms with E-state index >= 15 is 0 Å². The number of rotatable bonds is 6. The van der Waals surface area contributed by atoms with Crippen molar-refractivity contribution in [3.8, 4) is 10.4 Å². The Labute approximate surface area is 133 Å². The second-order valence-electron chi connectivity index (χ2n) is 6.20. The molecule has 1 heterocycles. The second-order valence-corrected chi connectivity index (χ2v) is 7.31. The molecule has 0 aliphatic rings. The average Bonchev–Trinajstić information content (AvgIpc) is 2.91. The molecule has 0 spiro atoms. The Morgan fingerprint density at radius 1 is 1.10 bits per heavy atom. The number of aryl methyl sites for hydroxylation is 2. The molecule has 0 fully saturated rings. The van der Waals surface area contributed by atoms with Gasteiger partial charge in [0.15, 0.2) is 0 Å². The number of hydrogen-bond acceptors (Lipinski definition) is 2. The van der Waals surface area contributed by atoms with Gasteiger partial charge in [0.2, 0.25) is 0 Å². The predicted octanol–water partition coefficient (Wildman–Crippen LogP) is 5.73. The van der Waals surface area contributed by atoms with Crippen LogP contribution in [0.2, 0.25) is 0 Å². The number of thiophene rings is 1. The molecule has 0 amide bonds. The van der Waals surface area contributed by atoms with Crippen LogP contribution in [0.25, 0.3) is 10.4 Å². The molecule has 0 aliphatic carbocycles. The lowest BCUT2D eigenvalue weighted by Crippen LogP contribution is -2.25. The van der Waals surface area contributed by atoms with Crippen LogP contribution in [0.1, 0.15) is 49.2 Å². The SMILES string of the molecule is CCCNC(c1ccc(-c2cc(C)ccc2C)s1)C(C)C. The maximum absolute atomic E-state index is 3.69. The third-order valence-corrected chi connectivity index (χ3v) is 5.07. The molecule has 2 heteroatoms. The van der Waals surface area contributed by atoms with Gasteiger partial charge < -0.3 is 5.32 Å². The molecule has 0 radical (unpaired) electrons. The monoisotopic (exact) mass is 301 g/mol. The van der Waals surface area contributed by atoms with Crippen molar-refractivity contribution in [2.45, 2.75) is 47.1 Å². The molecule has 21 heavy (non-hydrogen) atoms. The van der Waals surface area contributed by atoms with Crippen molar-refractivity contribution in [2.75, 3.05) is 6.54 Å². The standard InChI is InChI=1S/C19H27NS/c1-6-11-20-19(13(2)3)18-10-9-17(21-18)16-12-14(4)7-8-15(16)5/h7-10,12-13,19-20H,6,11H2,1-5H3. The highest BCUT2D eigenvalue weighted by molar-refractivity contribution is 7.15. The lowest BCUT2D eigenvalue weighted by atomic mass is 10.0. The van der Waals surface area contributed by atoms with Crippen molar-refractivity contribution in [2.24, 2.45) is 5.92 Å². The molecule has 0 aliphatic heterocycles. The van der Waals surface area contributed by atoms with Gasteiger partial charge in [0.05, 0.1) is 0 Å². The summed E-state index contributed by atoms with van der Waals surface area (Å²) in [5.74, 6) is 0.613. The molecule has 1 aromatic carbocycles. The summed E-state index contributed by atoms with van der Waals surface area (Å²) in [6.45, 7) is 12.3. The van der Waals surface area contributed by atoms with Crippen LogP contribution in [-0.2, 0) is 0 Å². The minimum Gasteiger partial charge on any atom is -0.309 e. The van der Waals surface area contributed by atoms with E-state index in [1.54, 1.807) is 0 Å². The van der Waals surface area contributed by atoms with Crippen LogP contribution < -0.4 is 5.32 Å². The quantitative estimate of drug-likeness (QED) is 0.718. The van der Waals surface area contributed by atoms with Crippen molar-refractivity contribution in [1.82, 2.24) is 5.32 Å². The molecular formula is C19H27NS. The minimum atomic E-state index is 0.466. The van der Waals surface area contributed by atoms with Crippen molar-refractivity contribution in [3.05, 3.63) is 46.3 Å². The molecule has 2 rings (SSSR count). The summed E-state index contributed by atoms with van der Waals surface area (Å²) in [6.07, 6.45) is 1.18. The van der Waals surface area contributed by atoms with Crippen LogP contribution in [0.3, 0.4) is 0 Å². The minimum absolute atomic E-state index is 0.466. The topological polar surface area (TPSA) is 12.0 Å². The van der Waals surface area contributed by atoms with Gasteiger partial charge >= 0.3 is 0 Å². The van der Waals surface area contributed by atoms with E-state index in [1.807, 2.05) is 11.3 Å². The van der Waals surface area contributed by atoms with E-state index in [-0.39, 0.29) is 0 Å². The molecule has 1 nitrogen and oxygen atoms in total. The number of benzene rings is 1. The van der Waals surface area contributed by atoms with Crippen LogP contribution in [0.15, 0.2) is 30.3 Å². The molecule has 114 valence electrons. The fraction of sp³-hybridized carbons (Fsp3) is 0.474. The second kappa shape index (κ2) is 7.24. The van der Waals surface area contributed by atoms with Crippen LogP contribution in [0.5, 0.6) is 0 Å². The van der Waals surface area contributed by atoms with Crippen molar-refractivity contribution in [3.63, 3.8) is 0 Å². The molecule has 2 aromatic rings. The van der Waals surface area contributed by atoms with Crippen LogP contribution in [-0.4, -0.2) is 6.54 Å². The summed E-state index contributed by atoms with van der Waals surface area (Å²) in [5, 5.41) is 3.69. The van der Waals surface area contributed by atoms with Gasteiger partial charge in [-0.15, -0.1) is 11.3 Å². The van der Waals surface area contributed by atoms with Gasteiger partial charge in [-0.05, 0) is 56.0 Å². The third-order valence-electron chi connectivity index (χ3n) is 3.87. The Balaban J connectivity index is 2.29. The zero-order chi connectivity index (χ0) is 15.4. The van der Waals surface area contributed by atoms with Crippen LogP contribution in [0, 0.1) is 19.8 Å². The van der Waals surface area contributed by atoms with E-state index in [9.17, 15) is 0 Å². The average molecular weight is 301 g/mol. The fourth-order valence-electron chi connectivity index (χ4n) is 2.63. The molecule has 0 saturated carbocycles. The maximum atomic E-state index is 3.69. The lowest BCUT2D eigenvalue weighted by molar-refractivity contribution is 0.418. The Bertz CT molecular complexity index is 583. The van der Waals surface area contributed by atoms with E-state index in [4.69, 9.17) is 0 Å². The maximum Gasteiger partial charge on any atom is 0.0438 e. The van der Waals surface area contributed by atoms with Gasteiger partial charge in [0.25, 0.3) is 0 Å². The van der Waals surface area contributed by atoms with Gasteiger partial charge in [0.1, 0.15) is 0 Å². The van der Waals surface area contributed by atoms with E-state index < -0.39 is 0 Å². The normalized spacial score (nSPS) is 12.9. The van der Waals surface area contributed by atoms with Gasteiger partial charge in [-0.25, -0.2) is 0 Å². The third kappa shape index (κ3) is 3.96. The Morgan fingerprint density at radius 3 is 2.52 bits per heavy atom. The first kappa shape index (κ1) is 16.3. The van der Waals surface area contributed by atoms with Crippen LogP contribution >= 0.6 is 11.3 Å². The molecule has 1 aromatic heterocycles. The summed E-state index contributed by atoms with van der Waals surface area (Å²) >= 11 is 1.93. The van der Waals surface area contributed by atoms with Crippen molar-refractivity contribution in [1.29, 1.82) is 0 Å². The number of nitrogens with one attached hydrogen (secondary N) is 1. The summed E-state index contributed by atoms with van der Waals surface area (Å²) in [7, 11) is 0. The predicted molar refractivity (Wildman–Crippen MR) is 95.1 cm³/mol. The molecule has 0 bridgehead atoms. The molecule has 1 atom stereocenters. The highest BCUT2D eigenvalue weighted by Crippen LogP contribution is 2.35. The highest BCUT2D eigenvalue weighted by Gasteiger charge is 2.17. The Kier molecular flexibility index (Phi) is 5.60. The fourth-order valence-corrected chi connectivity index (χ4v) is 3.97. The zero-order valence-electron chi connectivity index (χ0n) is 13.9. The molecule has 1 N–H and O–H groups in total. The number of hydrogen-bond donors (Lipinski definition) is 1. The first-order valence-electron chi connectivity index (χ1n) is 7.93. The van der Waals surface area contributed by atoms with E-state index in [2.05, 4.69) is 70.3 Å². The zero-order valence-corrected chi connectivity index (χ0v) is 14.7. The van der Waals surface area contributed by atoms with Crippen LogP contribution in [0.4, 0.5) is 0 Å². The largest absolute Gasteiger partial charge is 0.309 e. The molecular weight excluding hydrogens is 274 g/mol. The smallest absolute Gasteiger partial charge is 0.0438 e. The lowest BCUT2D eigenvalue weighted by Gasteiger charge is -2.21. The Hall–Kier alpha value is -1.12. The molecule has 1 unspecified atom stereocenters. The van der Waals surface area contributed by atoms with Crippen molar-refractivity contribution >= 4 is 11.3 Å². The van der Waals surface area contributed by atoms with Crippen molar-refractivity contribution < 1.29 is 0 Å². The van der Waals surface area contributed by atoms with Gasteiger partial charge in [-0.3, -0.25) is 0 Å². The molecule has 0 saturated heterocycles. The first-order valence-corrected chi connectivity index (χ1v) is 8.75. The van der Waals surface area contributed by atoms with Gasteiger partial charge in [0, 0.05) is 15.8 Å². The summed E-state index contributed by atoms with van der Waals surface area (Å²) in [5.41, 5.74) is 4.07. The summed E-state index contributed by atoms with van der Waals surface area (Å²) in [4.78, 5) is 2.84. The van der Waals surface area contributed by atoms with Gasteiger partial charge in [-0.1, -0.05) is 44.5 Å². The van der Waals surface area contributed by atoms with E-state index in [1.165, 1.54) is 32.9 Å². The van der Waals surface area contributed by atoms with E-state index in [0.29, 0.717) is 12.0 Å². The summed E-state index contributed by atoms with van der Waals surface area (Å²) in [6, 6.07) is 11.8. The van der Waals surface area contributed by atoms with E-state index in [0.717, 1.165) is 6.54 Å².